The van der Waals surface area contributed by atoms with E-state index in [2.05, 4.69) is 10.6 Å². The van der Waals surface area contributed by atoms with Gasteiger partial charge in [-0.3, -0.25) is 19.3 Å². The largest absolute Gasteiger partial charge is 0.459 e. The Morgan fingerprint density at radius 1 is 1.23 bits per heavy atom. The first-order valence-electron chi connectivity index (χ1n) is 9.87. The number of para-hydroxylation sites is 1. The van der Waals surface area contributed by atoms with Gasteiger partial charge in [-0.05, 0) is 31.9 Å². The van der Waals surface area contributed by atoms with Gasteiger partial charge in [-0.2, -0.15) is 0 Å². The Morgan fingerprint density at radius 2 is 1.93 bits per heavy atom. The summed E-state index contributed by atoms with van der Waals surface area (Å²) < 4.78 is 10.6. The Bertz CT molecular complexity index is 945. The van der Waals surface area contributed by atoms with E-state index >= 15 is 0 Å². The van der Waals surface area contributed by atoms with Gasteiger partial charge in [0.2, 0.25) is 0 Å². The van der Waals surface area contributed by atoms with Crippen molar-refractivity contribution in [3.05, 3.63) is 36.1 Å². The molecular formula is C21H25N3O6. The van der Waals surface area contributed by atoms with Crippen LogP contribution in [0.25, 0.3) is 11.0 Å². The molecule has 1 fully saturated rings. The number of hydrogen-bond donors (Lipinski definition) is 2. The first-order valence-corrected chi connectivity index (χ1v) is 9.87. The molecule has 0 bridgehead atoms. The lowest BCUT2D eigenvalue weighted by Gasteiger charge is -2.22. The second-order valence-corrected chi connectivity index (χ2v) is 7.25. The molecule has 1 saturated heterocycles. The first kappa shape index (κ1) is 21.4. The second-order valence-electron chi connectivity index (χ2n) is 7.25. The fourth-order valence-electron chi connectivity index (χ4n) is 3.44. The number of furan rings is 1. The summed E-state index contributed by atoms with van der Waals surface area (Å²) in [7, 11) is 0. The SMILES string of the molecule is CCC1(CC)NC(=O)N(CC(=O)OCC(=O)N[C@@H](C)c2cc3ccccc3o2)C1=O. The molecule has 1 aliphatic rings. The molecule has 9 nitrogen and oxygen atoms in total. The Labute approximate surface area is 173 Å². The average Bonchev–Trinajstić information content (AvgIpc) is 3.27. The number of imide groups is 1. The van der Waals surface area contributed by atoms with Gasteiger partial charge in [-0.15, -0.1) is 0 Å². The zero-order chi connectivity index (χ0) is 21.9. The van der Waals surface area contributed by atoms with Crippen molar-refractivity contribution in [2.75, 3.05) is 13.2 Å². The van der Waals surface area contributed by atoms with E-state index in [1.54, 1.807) is 20.8 Å². The van der Waals surface area contributed by atoms with E-state index in [1.165, 1.54) is 0 Å². The Morgan fingerprint density at radius 3 is 2.57 bits per heavy atom. The summed E-state index contributed by atoms with van der Waals surface area (Å²) in [4.78, 5) is 49.6. The van der Waals surface area contributed by atoms with Crippen LogP contribution >= 0.6 is 0 Å². The van der Waals surface area contributed by atoms with Crippen molar-refractivity contribution in [2.24, 2.45) is 0 Å². The number of hydrogen-bond acceptors (Lipinski definition) is 6. The van der Waals surface area contributed by atoms with Gasteiger partial charge in [0.1, 0.15) is 23.4 Å². The summed E-state index contributed by atoms with van der Waals surface area (Å²) in [5.41, 5.74) is -0.277. The summed E-state index contributed by atoms with van der Waals surface area (Å²) in [6.07, 6.45) is 0.837. The Hall–Kier alpha value is -3.36. The quantitative estimate of drug-likeness (QED) is 0.504. The number of esters is 1. The van der Waals surface area contributed by atoms with Crippen LogP contribution in [0.3, 0.4) is 0 Å². The van der Waals surface area contributed by atoms with E-state index in [-0.39, 0.29) is 0 Å². The van der Waals surface area contributed by atoms with Crippen LogP contribution in [0, 0.1) is 0 Å². The monoisotopic (exact) mass is 415 g/mol. The van der Waals surface area contributed by atoms with Gasteiger partial charge in [-0.25, -0.2) is 4.79 Å². The van der Waals surface area contributed by atoms with Gasteiger partial charge in [0.15, 0.2) is 6.61 Å². The molecule has 9 heteroatoms. The highest BCUT2D eigenvalue weighted by Gasteiger charge is 2.49. The molecule has 4 amide bonds. The van der Waals surface area contributed by atoms with Crippen LogP contribution in [-0.4, -0.2) is 47.4 Å². The molecule has 0 radical (unpaired) electrons. The number of carbonyl (C=O) groups is 4. The van der Waals surface area contributed by atoms with Crippen molar-refractivity contribution in [2.45, 2.75) is 45.2 Å². The maximum Gasteiger partial charge on any atom is 0.326 e. The number of nitrogens with zero attached hydrogens (tertiary/aromatic N) is 1. The molecule has 2 N–H and O–H groups in total. The van der Waals surface area contributed by atoms with E-state index in [4.69, 9.17) is 9.15 Å². The van der Waals surface area contributed by atoms with Crippen molar-refractivity contribution in [3.8, 4) is 0 Å². The predicted octanol–water partition coefficient (Wildman–Crippen LogP) is 2.26. The molecule has 0 spiro atoms. The van der Waals surface area contributed by atoms with Crippen molar-refractivity contribution in [1.82, 2.24) is 15.5 Å². The van der Waals surface area contributed by atoms with Gasteiger partial charge >= 0.3 is 12.0 Å². The fraction of sp³-hybridized carbons (Fsp3) is 0.429. The summed E-state index contributed by atoms with van der Waals surface area (Å²) >= 11 is 0. The predicted molar refractivity (Wildman–Crippen MR) is 107 cm³/mol. The Balaban J connectivity index is 1.50. The number of amides is 4. The van der Waals surface area contributed by atoms with Gasteiger partial charge in [-0.1, -0.05) is 32.0 Å². The van der Waals surface area contributed by atoms with Crippen LogP contribution in [0.5, 0.6) is 0 Å². The van der Waals surface area contributed by atoms with Crippen LogP contribution in [0.1, 0.15) is 45.4 Å². The third kappa shape index (κ3) is 4.14. The fourth-order valence-corrected chi connectivity index (χ4v) is 3.44. The summed E-state index contributed by atoms with van der Waals surface area (Å²) in [6.45, 7) is 4.26. The normalized spacial score (nSPS) is 16.4. The number of fused-ring (bicyclic) bond motifs is 1. The lowest BCUT2D eigenvalue weighted by atomic mass is 9.93. The molecule has 2 heterocycles. The smallest absolute Gasteiger partial charge is 0.326 e. The lowest BCUT2D eigenvalue weighted by Crippen LogP contribution is -2.46. The average molecular weight is 415 g/mol. The molecular weight excluding hydrogens is 390 g/mol. The highest BCUT2D eigenvalue weighted by molar-refractivity contribution is 6.08. The maximum atomic E-state index is 12.5. The van der Waals surface area contributed by atoms with Crippen molar-refractivity contribution < 1.29 is 28.3 Å². The maximum absolute atomic E-state index is 12.5. The Kier molecular flexibility index (Phi) is 6.09. The van der Waals surface area contributed by atoms with Crippen LogP contribution in [-0.2, 0) is 19.1 Å². The molecule has 0 aliphatic carbocycles. The van der Waals surface area contributed by atoms with Gasteiger partial charge in [0.25, 0.3) is 11.8 Å². The lowest BCUT2D eigenvalue weighted by molar-refractivity contribution is -0.151. The van der Waals surface area contributed by atoms with Gasteiger partial charge in [0.05, 0.1) is 6.04 Å². The number of ether oxygens (including phenoxy) is 1. The summed E-state index contributed by atoms with van der Waals surface area (Å²) in [5, 5.41) is 6.24. The third-order valence-electron chi connectivity index (χ3n) is 5.35. The third-order valence-corrected chi connectivity index (χ3v) is 5.35. The molecule has 1 atom stereocenters. The number of nitrogens with one attached hydrogen (secondary N) is 2. The van der Waals surface area contributed by atoms with Crippen LogP contribution in [0.2, 0.25) is 0 Å². The van der Waals surface area contributed by atoms with E-state index in [0.717, 1.165) is 10.3 Å². The van der Waals surface area contributed by atoms with Crippen LogP contribution in [0.4, 0.5) is 4.79 Å². The molecule has 2 aromatic rings. The zero-order valence-electron chi connectivity index (χ0n) is 17.2. The van der Waals surface area contributed by atoms with Crippen molar-refractivity contribution in [1.29, 1.82) is 0 Å². The number of benzene rings is 1. The first-order chi connectivity index (χ1) is 14.3. The topological polar surface area (TPSA) is 118 Å². The van der Waals surface area contributed by atoms with E-state index in [1.807, 2.05) is 30.3 Å². The molecule has 1 aromatic carbocycles. The standard InChI is InChI=1S/C21H25N3O6/c1-4-21(5-2)19(27)24(20(28)23-21)11-18(26)29-12-17(25)22-13(3)16-10-14-8-6-7-9-15(14)30-16/h6-10,13H,4-5,11-12H2,1-3H3,(H,22,25)(H,23,28)/t13-/m0/s1. The molecule has 0 unspecified atom stereocenters. The van der Waals surface area contributed by atoms with Gasteiger partial charge < -0.3 is 19.8 Å². The van der Waals surface area contributed by atoms with E-state index in [0.29, 0.717) is 24.2 Å². The molecule has 0 saturated carbocycles. The molecule has 1 aromatic heterocycles. The minimum absolute atomic E-state index is 0.418. The van der Waals surface area contributed by atoms with Crippen LogP contribution in [0.15, 0.2) is 34.7 Å². The molecule has 30 heavy (non-hydrogen) atoms. The summed E-state index contributed by atoms with van der Waals surface area (Å²) in [6, 6.07) is 8.25. The zero-order valence-corrected chi connectivity index (χ0v) is 17.2. The number of carbonyl (C=O) groups excluding carboxylic acids is 4. The van der Waals surface area contributed by atoms with Gasteiger partial charge in [0, 0.05) is 5.39 Å². The second kappa shape index (κ2) is 8.56. The van der Waals surface area contributed by atoms with E-state index in [9.17, 15) is 19.2 Å². The number of rotatable bonds is 8. The van der Waals surface area contributed by atoms with Crippen LogP contribution < -0.4 is 10.6 Å². The molecule has 1 aliphatic heterocycles. The van der Waals surface area contributed by atoms with E-state index < -0.39 is 48.5 Å². The summed E-state index contributed by atoms with van der Waals surface area (Å²) in [5.74, 6) is -1.25. The highest BCUT2D eigenvalue weighted by atomic mass is 16.5. The van der Waals surface area contributed by atoms with Crippen molar-refractivity contribution in [3.63, 3.8) is 0 Å². The molecule has 3 rings (SSSR count). The highest BCUT2D eigenvalue weighted by Crippen LogP contribution is 2.25. The molecule has 160 valence electrons. The minimum Gasteiger partial charge on any atom is -0.459 e. The number of urea groups is 1. The van der Waals surface area contributed by atoms with Crippen molar-refractivity contribution >= 4 is 34.8 Å². The minimum atomic E-state index is -0.989.